The molecule has 144 valence electrons. The number of nitrogens with one attached hydrogen (secondary N) is 1. The summed E-state index contributed by atoms with van der Waals surface area (Å²) in [6.07, 6.45) is 1.01. The Hall–Kier alpha value is -1.92. The van der Waals surface area contributed by atoms with Crippen LogP contribution in [-0.4, -0.2) is 67.6 Å². The van der Waals surface area contributed by atoms with Crippen LogP contribution in [0.4, 0.5) is 5.69 Å². The van der Waals surface area contributed by atoms with Crippen LogP contribution in [0.15, 0.2) is 24.3 Å². The van der Waals surface area contributed by atoms with Gasteiger partial charge in [-0.2, -0.15) is 0 Å². The summed E-state index contributed by atoms with van der Waals surface area (Å²) in [6.45, 7) is 8.74. The van der Waals surface area contributed by atoms with Gasteiger partial charge in [0.15, 0.2) is 0 Å². The van der Waals surface area contributed by atoms with E-state index in [0.717, 1.165) is 17.7 Å². The molecule has 6 heteroatoms. The molecule has 0 aromatic heterocycles. The third-order valence-electron chi connectivity index (χ3n) is 5.15. The molecule has 6 nitrogen and oxygen atoms in total. The van der Waals surface area contributed by atoms with Gasteiger partial charge in [0.1, 0.15) is 0 Å². The van der Waals surface area contributed by atoms with Crippen LogP contribution < -0.4 is 5.32 Å². The molecule has 1 aromatic rings. The molecule has 26 heavy (non-hydrogen) atoms. The number of morpholine rings is 1. The van der Waals surface area contributed by atoms with Crippen molar-refractivity contribution in [2.24, 2.45) is 0 Å². The van der Waals surface area contributed by atoms with E-state index in [2.05, 4.69) is 25.2 Å². The predicted octanol–water partition coefficient (Wildman–Crippen LogP) is 2.32. The monoisotopic (exact) mass is 361 g/mol. The molecule has 0 saturated carbocycles. The fourth-order valence-corrected chi connectivity index (χ4v) is 2.96. The van der Waals surface area contributed by atoms with Crippen LogP contribution in [0.1, 0.15) is 38.7 Å². The molecule has 2 amide bonds. The minimum atomic E-state index is -0.398. The maximum Gasteiger partial charge on any atom is 0.241 e. The van der Waals surface area contributed by atoms with E-state index < -0.39 is 6.04 Å². The number of para-hydroxylation sites is 1. The van der Waals surface area contributed by atoms with Gasteiger partial charge in [-0.1, -0.05) is 32.0 Å². The van der Waals surface area contributed by atoms with Gasteiger partial charge in [-0.25, -0.2) is 0 Å². The fraction of sp³-hybridized carbons (Fsp3) is 0.600. The molecular weight excluding hydrogens is 330 g/mol. The normalized spacial score (nSPS) is 17.0. The van der Waals surface area contributed by atoms with Crippen molar-refractivity contribution >= 4 is 17.5 Å². The number of carbonyl (C=O) groups is 2. The Morgan fingerprint density at radius 3 is 2.54 bits per heavy atom. The van der Waals surface area contributed by atoms with Crippen molar-refractivity contribution in [2.75, 3.05) is 45.2 Å². The minimum Gasteiger partial charge on any atom is -0.378 e. The number of ether oxygens (including phenoxy) is 1. The third kappa shape index (κ3) is 5.29. The largest absolute Gasteiger partial charge is 0.378 e. The Balaban J connectivity index is 1.95. The van der Waals surface area contributed by atoms with Gasteiger partial charge in [0.2, 0.25) is 11.8 Å². The molecule has 1 aliphatic rings. The van der Waals surface area contributed by atoms with E-state index in [1.807, 2.05) is 32.2 Å². The zero-order chi connectivity index (χ0) is 19.1. The van der Waals surface area contributed by atoms with Crippen molar-refractivity contribution in [1.82, 2.24) is 9.80 Å². The lowest BCUT2D eigenvalue weighted by Gasteiger charge is -2.30. The Kier molecular flexibility index (Phi) is 7.60. The summed E-state index contributed by atoms with van der Waals surface area (Å²) in [6, 6.07) is 7.52. The molecule has 1 heterocycles. The number of carbonyl (C=O) groups excluding carboxylic acids is 2. The Bertz CT molecular complexity index is 614. The van der Waals surface area contributed by atoms with E-state index in [1.165, 1.54) is 0 Å². The SMILES string of the molecule is CCC(C)c1ccccc1NC(=O)C(C)N(C)CC(=O)N1CCOCC1. The summed E-state index contributed by atoms with van der Waals surface area (Å²) in [4.78, 5) is 28.6. The molecule has 0 spiro atoms. The highest BCUT2D eigenvalue weighted by molar-refractivity contribution is 5.95. The number of hydrogen-bond donors (Lipinski definition) is 1. The molecule has 1 aromatic carbocycles. The van der Waals surface area contributed by atoms with Crippen LogP contribution in [0.5, 0.6) is 0 Å². The maximum atomic E-state index is 12.7. The lowest BCUT2D eigenvalue weighted by atomic mass is 9.97. The molecule has 0 aliphatic carbocycles. The molecule has 1 saturated heterocycles. The topological polar surface area (TPSA) is 61.9 Å². The van der Waals surface area contributed by atoms with Crippen molar-refractivity contribution in [3.63, 3.8) is 0 Å². The third-order valence-corrected chi connectivity index (χ3v) is 5.15. The fourth-order valence-electron chi connectivity index (χ4n) is 2.96. The second kappa shape index (κ2) is 9.69. The zero-order valence-electron chi connectivity index (χ0n) is 16.3. The standard InChI is InChI=1S/C20H31N3O3/c1-5-15(2)17-8-6-7-9-18(17)21-20(25)16(3)22(4)14-19(24)23-10-12-26-13-11-23/h6-9,15-16H,5,10-14H2,1-4H3,(H,21,25). The highest BCUT2D eigenvalue weighted by Crippen LogP contribution is 2.26. The van der Waals surface area contributed by atoms with E-state index in [1.54, 1.807) is 9.80 Å². The summed E-state index contributed by atoms with van der Waals surface area (Å²) < 4.78 is 5.27. The summed E-state index contributed by atoms with van der Waals surface area (Å²) in [5.74, 6) is 0.316. The quantitative estimate of drug-likeness (QED) is 0.810. The van der Waals surface area contributed by atoms with E-state index in [4.69, 9.17) is 4.74 Å². The van der Waals surface area contributed by atoms with Crippen molar-refractivity contribution in [2.45, 2.75) is 39.2 Å². The van der Waals surface area contributed by atoms with Gasteiger partial charge in [0.05, 0.1) is 25.8 Å². The number of amides is 2. The average molecular weight is 361 g/mol. The number of likely N-dealkylation sites (N-methyl/N-ethyl adjacent to an activating group) is 1. The van der Waals surface area contributed by atoms with Crippen LogP contribution in [0.3, 0.4) is 0 Å². The zero-order valence-corrected chi connectivity index (χ0v) is 16.3. The van der Waals surface area contributed by atoms with Crippen molar-refractivity contribution in [3.05, 3.63) is 29.8 Å². The summed E-state index contributed by atoms with van der Waals surface area (Å²) in [7, 11) is 1.81. The molecule has 0 bridgehead atoms. The van der Waals surface area contributed by atoms with Gasteiger partial charge in [-0.15, -0.1) is 0 Å². The first-order valence-electron chi connectivity index (χ1n) is 9.39. The first-order valence-corrected chi connectivity index (χ1v) is 9.39. The number of benzene rings is 1. The molecule has 2 rings (SSSR count). The van der Waals surface area contributed by atoms with E-state index in [9.17, 15) is 9.59 Å². The lowest BCUT2D eigenvalue weighted by Crippen LogP contribution is -2.48. The summed E-state index contributed by atoms with van der Waals surface area (Å²) >= 11 is 0. The predicted molar refractivity (Wildman–Crippen MR) is 103 cm³/mol. The van der Waals surface area contributed by atoms with Crippen molar-refractivity contribution in [1.29, 1.82) is 0 Å². The Morgan fingerprint density at radius 1 is 1.23 bits per heavy atom. The molecular formula is C20H31N3O3. The maximum absolute atomic E-state index is 12.7. The van der Waals surface area contributed by atoms with E-state index >= 15 is 0 Å². The van der Waals surface area contributed by atoms with Gasteiger partial charge in [-0.3, -0.25) is 14.5 Å². The van der Waals surface area contributed by atoms with Gasteiger partial charge in [0.25, 0.3) is 0 Å². The molecule has 0 radical (unpaired) electrons. The number of rotatable bonds is 7. The molecule has 2 unspecified atom stereocenters. The summed E-state index contributed by atoms with van der Waals surface area (Å²) in [5.41, 5.74) is 1.99. The molecule has 2 atom stereocenters. The first-order chi connectivity index (χ1) is 12.4. The average Bonchev–Trinajstić information content (AvgIpc) is 2.67. The van der Waals surface area contributed by atoms with Crippen LogP contribution >= 0.6 is 0 Å². The summed E-state index contributed by atoms with van der Waals surface area (Å²) in [5, 5.41) is 3.03. The highest BCUT2D eigenvalue weighted by Gasteiger charge is 2.24. The second-order valence-electron chi connectivity index (χ2n) is 6.97. The van der Waals surface area contributed by atoms with Crippen LogP contribution in [0.25, 0.3) is 0 Å². The van der Waals surface area contributed by atoms with E-state index in [0.29, 0.717) is 32.2 Å². The van der Waals surface area contributed by atoms with Crippen LogP contribution in [-0.2, 0) is 14.3 Å². The Morgan fingerprint density at radius 2 is 1.88 bits per heavy atom. The van der Waals surface area contributed by atoms with Gasteiger partial charge in [0, 0.05) is 18.8 Å². The number of anilines is 1. The Labute approximate surface area is 156 Å². The second-order valence-corrected chi connectivity index (χ2v) is 6.97. The van der Waals surface area contributed by atoms with Crippen LogP contribution in [0.2, 0.25) is 0 Å². The first kappa shape index (κ1) is 20.4. The van der Waals surface area contributed by atoms with Gasteiger partial charge >= 0.3 is 0 Å². The van der Waals surface area contributed by atoms with E-state index in [-0.39, 0.29) is 18.4 Å². The van der Waals surface area contributed by atoms with Crippen molar-refractivity contribution < 1.29 is 14.3 Å². The number of hydrogen-bond acceptors (Lipinski definition) is 4. The lowest BCUT2D eigenvalue weighted by molar-refractivity contribution is -0.137. The molecule has 1 fully saturated rings. The van der Waals surface area contributed by atoms with Crippen LogP contribution in [0, 0.1) is 0 Å². The molecule has 1 N–H and O–H groups in total. The minimum absolute atomic E-state index is 0.0375. The number of nitrogens with zero attached hydrogens (tertiary/aromatic N) is 2. The van der Waals surface area contributed by atoms with Crippen molar-refractivity contribution in [3.8, 4) is 0 Å². The van der Waals surface area contributed by atoms with Gasteiger partial charge < -0.3 is 15.0 Å². The molecule has 1 aliphatic heterocycles. The smallest absolute Gasteiger partial charge is 0.241 e. The van der Waals surface area contributed by atoms with Gasteiger partial charge in [-0.05, 0) is 37.9 Å². The highest BCUT2D eigenvalue weighted by atomic mass is 16.5.